The lowest BCUT2D eigenvalue weighted by Gasteiger charge is -2.44. The molecule has 5 atom stereocenters. The average Bonchev–Trinajstić information content (AvgIpc) is 2.55. The summed E-state index contributed by atoms with van der Waals surface area (Å²) in [6.45, 7) is -0.609. The van der Waals surface area contributed by atoms with E-state index in [9.17, 15) is 24.9 Å². The Morgan fingerprint density at radius 2 is 1.75 bits per heavy atom. The Hall–Kier alpha value is -1.22. The van der Waals surface area contributed by atoms with Crippen molar-refractivity contribution in [3.8, 4) is 0 Å². The monoisotopic (exact) mass is 232 g/mol. The molecule has 0 unspecified atom stereocenters. The van der Waals surface area contributed by atoms with E-state index in [2.05, 4.69) is 5.32 Å². The van der Waals surface area contributed by atoms with Crippen LogP contribution in [-0.2, 0) is 9.59 Å². The molecule has 0 bridgehead atoms. The summed E-state index contributed by atoms with van der Waals surface area (Å²) in [5.41, 5.74) is 0. The molecule has 2 saturated heterocycles. The number of carbonyl (C=O) groups excluding carboxylic acids is 2. The number of aliphatic hydroxyl groups is 4. The summed E-state index contributed by atoms with van der Waals surface area (Å²) in [7, 11) is 0. The van der Waals surface area contributed by atoms with Gasteiger partial charge in [0.25, 0.3) is 0 Å². The van der Waals surface area contributed by atoms with Gasteiger partial charge in [-0.3, -0.25) is 9.59 Å². The third-order valence-corrected chi connectivity index (χ3v) is 2.97. The minimum atomic E-state index is -1.52. The highest BCUT2D eigenvalue weighted by Crippen LogP contribution is 2.26. The summed E-state index contributed by atoms with van der Waals surface area (Å²) in [5, 5.41) is 39.8. The molecule has 2 rings (SSSR count). The van der Waals surface area contributed by atoms with Crippen molar-refractivity contribution in [1.29, 1.82) is 0 Å². The van der Waals surface area contributed by atoms with Crippen LogP contribution in [0, 0.1) is 0 Å². The highest BCUT2D eigenvalue weighted by atomic mass is 16.4. The van der Waals surface area contributed by atoms with Gasteiger partial charge in [0.05, 0.1) is 12.6 Å². The van der Waals surface area contributed by atoms with Crippen molar-refractivity contribution < 1.29 is 30.0 Å². The Balaban J connectivity index is 2.35. The normalized spacial score (nSPS) is 43.2. The van der Waals surface area contributed by atoms with E-state index in [0.717, 1.165) is 4.90 Å². The average molecular weight is 232 g/mol. The fraction of sp³-hybridized carbons (Fsp3) is 0.750. The molecule has 90 valence electrons. The van der Waals surface area contributed by atoms with E-state index in [1.165, 1.54) is 0 Å². The molecule has 8 nitrogen and oxygen atoms in total. The van der Waals surface area contributed by atoms with Crippen molar-refractivity contribution in [2.75, 3.05) is 6.61 Å². The van der Waals surface area contributed by atoms with Crippen molar-refractivity contribution in [3.63, 3.8) is 0 Å². The highest BCUT2D eigenvalue weighted by molar-refractivity contribution is 6.37. The number of hydrogen-bond donors (Lipinski definition) is 5. The number of rotatable bonds is 1. The molecule has 0 radical (unpaired) electrons. The fourth-order valence-corrected chi connectivity index (χ4v) is 2.09. The van der Waals surface area contributed by atoms with Crippen LogP contribution in [0.5, 0.6) is 0 Å². The van der Waals surface area contributed by atoms with Gasteiger partial charge in [0.2, 0.25) is 0 Å². The smallest absolute Gasteiger partial charge is 0.314 e. The van der Waals surface area contributed by atoms with Crippen molar-refractivity contribution in [2.45, 2.75) is 30.5 Å². The van der Waals surface area contributed by atoms with Crippen LogP contribution >= 0.6 is 0 Å². The molecule has 2 aliphatic rings. The minimum absolute atomic E-state index is 0.609. The molecule has 16 heavy (non-hydrogen) atoms. The molecule has 2 amide bonds. The van der Waals surface area contributed by atoms with Gasteiger partial charge in [-0.05, 0) is 0 Å². The number of hydrogen-bond acceptors (Lipinski definition) is 6. The van der Waals surface area contributed by atoms with Gasteiger partial charge >= 0.3 is 11.8 Å². The number of piperidine rings is 1. The van der Waals surface area contributed by atoms with Crippen molar-refractivity contribution in [3.05, 3.63) is 0 Å². The zero-order valence-electron chi connectivity index (χ0n) is 8.15. The van der Waals surface area contributed by atoms with E-state index in [0.29, 0.717) is 0 Å². The lowest BCUT2D eigenvalue weighted by Crippen LogP contribution is -2.68. The topological polar surface area (TPSA) is 130 Å². The Morgan fingerprint density at radius 3 is 2.31 bits per heavy atom. The van der Waals surface area contributed by atoms with Crippen LogP contribution in [-0.4, -0.2) is 74.3 Å². The number of amides is 2. The van der Waals surface area contributed by atoms with E-state index in [1.54, 1.807) is 0 Å². The van der Waals surface area contributed by atoms with E-state index < -0.39 is 48.9 Å². The second kappa shape index (κ2) is 3.67. The summed E-state index contributed by atoms with van der Waals surface area (Å²) in [6.07, 6.45) is -5.60. The first-order valence-electron chi connectivity index (χ1n) is 4.77. The molecule has 0 aromatic carbocycles. The first-order valence-corrected chi connectivity index (χ1v) is 4.77. The number of nitrogens with zero attached hydrogens (tertiary/aromatic N) is 1. The van der Waals surface area contributed by atoms with E-state index >= 15 is 0 Å². The first-order chi connectivity index (χ1) is 7.49. The predicted octanol–water partition coefficient (Wildman–Crippen LogP) is -4.27. The summed E-state index contributed by atoms with van der Waals surface area (Å²) >= 11 is 0. The van der Waals surface area contributed by atoms with Crippen LogP contribution in [0.4, 0.5) is 0 Å². The van der Waals surface area contributed by atoms with E-state index in [-0.39, 0.29) is 0 Å². The Morgan fingerprint density at radius 1 is 1.12 bits per heavy atom. The Bertz CT molecular complexity index is 334. The molecule has 5 N–H and O–H groups in total. The van der Waals surface area contributed by atoms with Gasteiger partial charge in [0.1, 0.15) is 24.5 Å². The fourth-order valence-electron chi connectivity index (χ4n) is 2.09. The molecule has 2 fully saturated rings. The molecule has 0 spiro atoms. The van der Waals surface area contributed by atoms with Crippen LogP contribution in [0.15, 0.2) is 0 Å². The quantitative estimate of drug-likeness (QED) is 0.291. The van der Waals surface area contributed by atoms with Crippen LogP contribution in [0.25, 0.3) is 0 Å². The Labute approximate surface area is 90.1 Å². The molecule has 0 aromatic heterocycles. The van der Waals surface area contributed by atoms with Crippen LogP contribution in [0.1, 0.15) is 0 Å². The van der Waals surface area contributed by atoms with E-state index in [4.69, 9.17) is 5.11 Å². The van der Waals surface area contributed by atoms with Crippen LogP contribution in [0.2, 0.25) is 0 Å². The lowest BCUT2D eigenvalue weighted by atomic mass is 9.92. The molecular formula is C8H12N2O6. The maximum atomic E-state index is 11.4. The van der Waals surface area contributed by atoms with Gasteiger partial charge in [-0.25, -0.2) is 0 Å². The van der Waals surface area contributed by atoms with Gasteiger partial charge in [-0.2, -0.15) is 0 Å². The molecule has 8 heteroatoms. The molecule has 2 aliphatic heterocycles. The SMILES string of the molecule is O=C1N[C@@H]2[C@H](O)[C@@H](O)[C@H](O)[C@@H](CO)N2C1=O. The lowest BCUT2D eigenvalue weighted by molar-refractivity contribution is -0.175. The summed E-state index contributed by atoms with van der Waals surface area (Å²) in [4.78, 5) is 23.4. The maximum absolute atomic E-state index is 11.4. The van der Waals surface area contributed by atoms with Crippen molar-refractivity contribution in [2.24, 2.45) is 0 Å². The summed E-state index contributed by atoms with van der Waals surface area (Å²) < 4.78 is 0. The number of fused-ring (bicyclic) bond motifs is 1. The van der Waals surface area contributed by atoms with Gasteiger partial charge in [-0.15, -0.1) is 0 Å². The second-order valence-corrected chi connectivity index (χ2v) is 3.85. The third kappa shape index (κ3) is 1.31. The standard InChI is InChI=1S/C8H12N2O6/c11-1-2-3(12)4(13)5(14)6-9-7(15)8(16)10(2)6/h2-6,11-14H,1H2,(H,9,15)/t2-,3-,4+,5-,6+/m1/s1. The zero-order chi connectivity index (χ0) is 12.0. The highest BCUT2D eigenvalue weighted by Gasteiger charge is 2.54. The largest absolute Gasteiger partial charge is 0.394 e. The number of aliphatic hydroxyl groups excluding tert-OH is 4. The van der Waals surface area contributed by atoms with Gasteiger partial charge in [0, 0.05) is 0 Å². The maximum Gasteiger partial charge on any atom is 0.314 e. The van der Waals surface area contributed by atoms with Crippen molar-refractivity contribution in [1.82, 2.24) is 10.2 Å². The summed E-state index contributed by atoms with van der Waals surface area (Å²) in [5.74, 6) is -1.86. The van der Waals surface area contributed by atoms with Crippen LogP contribution < -0.4 is 5.32 Å². The number of carbonyl (C=O) groups is 2. The van der Waals surface area contributed by atoms with Gasteiger partial charge < -0.3 is 30.6 Å². The van der Waals surface area contributed by atoms with Crippen LogP contribution in [0.3, 0.4) is 0 Å². The first kappa shape index (κ1) is 11.3. The Kier molecular flexibility index (Phi) is 2.58. The molecule has 0 aromatic rings. The second-order valence-electron chi connectivity index (χ2n) is 3.85. The zero-order valence-corrected chi connectivity index (χ0v) is 8.15. The molecule has 0 aliphatic carbocycles. The molecule has 0 saturated carbocycles. The molecular weight excluding hydrogens is 220 g/mol. The number of nitrogens with one attached hydrogen (secondary N) is 1. The summed E-state index contributed by atoms with van der Waals surface area (Å²) in [6, 6.07) is -1.10. The predicted molar refractivity (Wildman–Crippen MR) is 47.7 cm³/mol. The minimum Gasteiger partial charge on any atom is -0.394 e. The van der Waals surface area contributed by atoms with Crippen molar-refractivity contribution >= 4 is 11.8 Å². The third-order valence-electron chi connectivity index (χ3n) is 2.97. The van der Waals surface area contributed by atoms with Gasteiger partial charge in [0.15, 0.2) is 0 Å². The molecule has 2 heterocycles. The van der Waals surface area contributed by atoms with Gasteiger partial charge in [-0.1, -0.05) is 0 Å². The van der Waals surface area contributed by atoms with E-state index in [1.807, 2.05) is 0 Å².